The Morgan fingerprint density at radius 3 is 2.94 bits per heavy atom. The SMILES string of the molecule is CCCN1CCCC(C(C)NCC(O)COC)C1. The normalized spacial score (nSPS) is 25.0. The molecule has 4 nitrogen and oxygen atoms in total. The summed E-state index contributed by atoms with van der Waals surface area (Å²) in [5.74, 6) is 0.708. The molecular formula is C14H30N2O2. The average Bonchev–Trinajstić information content (AvgIpc) is 2.37. The molecule has 2 N–H and O–H groups in total. The standard InChI is InChI=1S/C14H30N2O2/c1-4-7-16-8-5-6-13(10-16)12(2)15-9-14(17)11-18-3/h12-15,17H,4-11H2,1-3H3. The molecule has 0 amide bonds. The summed E-state index contributed by atoms with van der Waals surface area (Å²) in [6.45, 7) is 9.18. The Bertz CT molecular complexity index is 212. The molecule has 0 spiro atoms. The van der Waals surface area contributed by atoms with E-state index in [0.29, 0.717) is 25.1 Å². The van der Waals surface area contributed by atoms with Crippen molar-refractivity contribution in [3.63, 3.8) is 0 Å². The van der Waals surface area contributed by atoms with Crippen LogP contribution in [0.4, 0.5) is 0 Å². The van der Waals surface area contributed by atoms with E-state index < -0.39 is 6.10 Å². The summed E-state index contributed by atoms with van der Waals surface area (Å²) in [6, 6.07) is 0.469. The van der Waals surface area contributed by atoms with Gasteiger partial charge in [0.1, 0.15) is 0 Å². The van der Waals surface area contributed by atoms with Crippen molar-refractivity contribution in [1.29, 1.82) is 0 Å². The molecule has 1 saturated heterocycles. The Balaban J connectivity index is 2.25. The molecule has 0 aliphatic carbocycles. The van der Waals surface area contributed by atoms with E-state index in [-0.39, 0.29) is 0 Å². The van der Waals surface area contributed by atoms with Crippen molar-refractivity contribution < 1.29 is 9.84 Å². The fourth-order valence-corrected chi connectivity index (χ4v) is 2.76. The first-order chi connectivity index (χ1) is 8.67. The van der Waals surface area contributed by atoms with Gasteiger partial charge in [-0.3, -0.25) is 0 Å². The highest BCUT2D eigenvalue weighted by molar-refractivity contribution is 4.80. The van der Waals surface area contributed by atoms with Crippen LogP contribution in [-0.2, 0) is 4.74 Å². The zero-order chi connectivity index (χ0) is 13.4. The lowest BCUT2D eigenvalue weighted by atomic mass is 9.91. The van der Waals surface area contributed by atoms with Crippen molar-refractivity contribution in [2.24, 2.45) is 5.92 Å². The largest absolute Gasteiger partial charge is 0.389 e. The fourth-order valence-electron chi connectivity index (χ4n) is 2.76. The molecule has 18 heavy (non-hydrogen) atoms. The number of hydrogen-bond donors (Lipinski definition) is 2. The van der Waals surface area contributed by atoms with Crippen LogP contribution < -0.4 is 5.32 Å². The second-order valence-electron chi connectivity index (χ2n) is 5.51. The van der Waals surface area contributed by atoms with Crippen LogP contribution in [0.1, 0.15) is 33.1 Å². The first-order valence-corrected chi connectivity index (χ1v) is 7.30. The molecule has 0 radical (unpaired) electrons. The number of nitrogens with zero attached hydrogens (tertiary/aromatic N) is 1. The Morgan fingerprint density at radius 1 is 1.50 bits per heavy atom. The van der Waals surface area contributed by atoms with E-state index in [1.165, 1.54) is 38.9 Å². The van der Waals surface area contributed by atoms with Crippen molar-refractivity contribution in [2.75, 3.05) is 39.9 Å². The zero-order valence-corrected chi connectivity index (χ0v) is 12.2. The monoisotopic (exact) mass is 258 g/mol. The van der Waals surface area contributed by atoms with Crippen LogP contribution in [0.5, 0.6) is 0 Å². The summed E-state index contributed by atoms with van der Waals surface area (Å²) in [4.78, 5) is 2.57. The first-order valence-electron chi connectivity index (χ1n) is 7.30. The minimum absolute atomic E-state index is 0.396. The molecule has 108 valence electrons. The maximum atomic E-state index is 9.63. The van der Waals surface area contributed by atoms with Gasteiger partial charge in [-0.1, -0.05) is 6.92 Å². The second-order valence-corrected chi connectivity index (χ2v) is 5.51. The quantitative estimate of drug-likeness (QED) is 0.684. The smallest absolute Gasteiger partial charge is 0.0897 e. The van der Waals surface area contributed by atoms with Crippen molar-refractivity contribution in [3.8, 4) is 0 Å². The van der Waals surface area contributed by atoms with E-state index in [1.54, 1.807) is 7.11 Å². The highest BCUT2D eigenvalue weighted by Crippen LogP contribution is 2.19. The molecule has 4 heteroatoms. The van der Waals surface area contributed by atoms with Crippen LogP contribution in [0, 0.1) is 5.92 Å². The highest BCUT2D eigenvalue weighted by Gasteiger charge is 2.24. The molecule has 1 heterocycles. The maximum Gasteiger partial charge on any atom is 0.0897 e. The van der Waals surface area contributed by atoms with Gasteiger partial charge in [0.15, 0.2) is 0 Å². The van der Waals surface area contributed by atoms with E-state index in [1.807, 2.05) is 0 Å². The number of hydrogen-bond acceptors (Lipinski definition) is 4. The summed E-state index contributed by atoms with van der Waals surface area (Å²) in [5, 5.41) is 13.1. The van der Waals surface area contributed by atoms with Gasteiger partial charge in [-0.2, -0.15) is 0 Å². The molecule has 1 aliphatic rings. The topological polar surface area (TPSA) is 44.7 Å². The van der Waals surface area contributed by atoms with E-state index in [4.69, 9.17) is 4.74 Å². The van der Waals surface area contributed by atoms with E-state index in [9.17, 15) is 5.11 Å². The van der Waals surface area contributed by atoms with Crippen molar-refractivity contribution in [1.82, 2.24) is 10.2 Å². The molecule has 3 atom stereocenters. The molecular weight excluding hydrogens is 228 g/mol. The summed E-state index contributed by atoms with van der Waals surface area (Å²) in [5.41, 5.74) is 0. The highest BCUT2D eigenvalue weighted by atomic mass is 16.5. The lowest BCUT2D eigenvalue weighted by Gasteiger charge is -2.36. The lowest BCUT2D eigenvalue weighted by molar-refractivity contribution is 0.0592. The van der Waals surface area contributed by atoms with Gasteiger partial charge in [-0.05, 0) is 45.2 Å². The van der Waals surface area contributed by atoms with Gasteiger partial charge in [0.2, 0.25) is 0 Å². The number of ether oxygens (including phenoxy) is 1. The van der Waals surface area contributed by atoms with Crippen LogP contribution >= 0.6 is 0 Å². The zero-order valence-electron chi connectivity index (χ0n) is 12.2. The number of aliphatic hydroxyl groups excluding tert-OH is 1. The third-order valence-corrected chi connectivity index (χ3v) is 3.82. The Morgan fingerprint density at radius 2 is 2.28 bits per heavy atom. The van der Waals surface area contributed by atoms with Gasteiger partial charge >= 0.3 is 0 Å². The summed E-state index contributed by atoms with van der Waals surface area (Å²) in [6.07, 6.45) is 3.44. The number of methoxy groups -OCH3 is 1. The van der Waals surface area contributed by atoms with Crippen molar-refractivity contribution in [3.05, 3.63) is 0 Å². The Labute approximate surface area is 112 Å². The predicted molar refractivity (Wildman–Crippen MR) is 74.8 cm³/mol. The summed E-state index contributed by atoms with van der Waals surface area (Å²) >= 11 is 0. The molecule has 0 bridgehead atoms. The molecule has 0 aromatic heterocycles. The molecule has 0 aromatic rings. The molecule has 1 rings (SSSR count). The van der Waals surface area contributed by atoms with Gasteiger partial charge in [0.25, 0.3) is 0 Å². The average molecular weight is 258 g/mol. The van der Waals surface area contributed by atoms with E-state index >= 15 is 0 Å². The lowest BCUT2D eigenvalue weighted by Crippen LogP contribution is -2.46. The van der Waals surface area contributed by atoms with Crippen LogP contribution in [0.15, 0.2) is 0 Å². The number of piperidine rings is 1. The fraction of sp³-hybridized carbons (Fsp3) is 1.00. The summed E-state index contributed by atoms with van der Waals surface area (Å²) < 4.78 is 4.93. The van der Waals surface area contributed by atoms with E-state index in [0.717, 1.165) is 0 Å². The Hall–Kier alpha value is -0.160. The summed E-state index contributed by atoms with van der Waals surface area (Å²) in [7, 11) is 1.62. The van der Waals surface area contributed by atoms with Gasteiger partial charge < -0.3 is 20.1 Å². The molecule has 3 unspecified atom stereocenters. The number of aliphatic hydroxyl groups is 1. The molecule has 1 fully saturated rings. The minimum Gasteiger partial charge on any atom is -0.389 e. The van der Waals surface area contributed by atoms with Crippen LogP contribution in [0.25, 0.3) is 0 Å². The third-order valence-electron chi connectivity index (χ3n) is 3.82. The van der Waals surface area contributed by atoms with Gasteiger partial charge in [-0.15, -0.1) is 0 Å². The molecule has 1 aliphatic heterocycles. The minimum atomic E-state index is -0.396. The predicted octanol–water partition coefficient (Wildman–Crippen LogP) is 1.09. The maximum absolute atomic E-state index is 9.63. The number of likely N-dealkylation sites (tertiary alicyclic amines) is 1. The van der Waals surface area contributed by atoms with Crippen molar-refractivity contribution in [2.45, 2.75) is 45.3 Å². The van der Waals surface area contributed by atoms with Gasteiger partial charge in [0, 0.05) is 26.2 Å². The number of rotatable bonds is 8. The van der Waals surface area contributed by atoms with Crippen molar-refractivity contribution >= 4 is 0 Å². The Kier molecular flexibility index (Phi) is 7.82. The second kappa shape index (κ2) is 8.86. The third kappa shape index (κ3) is 5.65. The van der Waals surface area contributed by atoms with Crippen LogP contribution in [0.3, 0.4) is 0 Å². The molecule has 0 aromatic carbocycles. The van der Waals surface area contributed by atoms with Gasteiger partial charge in [-0.25, -0.2) is 0 Å². The van der Waals surface area contributed by atoms with Gasteiger partial charge in [0.05, 0.1) is 12.7 Å². The molecule has 0 saturated carbocycles. The number of nitrogens with one attached hydrogen (secondary N) is 1. The van der Waals surface area contributed by atoms with Crippen LogP contribution in [0.2, 0.25) is 0 Å². The van der Waals surface area contributed by atoms with E-state index in [2.05, 4.69) is 24.1 Å². The van der Waals surface area contributed by atoms with Crippen LogP contribution in [-0.4, -0.2) is 62.0 Å². The first kappa shape index (κ1) is 15.9.